The molecule has 0 radical (unpaired) electrons. The quantitative estimate of drug-likeness (QED) is 0.908. The van der Waals surface area contributed by atoms with E-state index in [1.807, 2.05) is 0 Å². The molecule has 0 bridgehead atoms. The summed E-state index contributed by atoms with van der Waals surface area (Å²) in [6, 6.07) is 0. The zero-order chi connectivity index (χ0) is 12.5. The van der Waals surface area contributed by atoms with Gasteiger partial charge in [-0.1, -0.05) is 19.8 Å². The molecule has 0 aromatic carbocycles. The van der Waals surface area contributed by atoms with Gasteiger partial charge in [0.2, 0.25) is 11.0 Å². The van der Waals surface area contributed by atoms with Crippen molar-refractivity contribution in [1.82, 2.24) is 9.36 Å². The maximum Gasteiger partial charge on any atom is 0.452 e. The number of rotatable bonds is 3. The standard InChI is InChI=1S/C10H14F3N3S/c1-9(4-2-3-5-9)6-14-8-15-7(16-17-8)10(11,12)13/h2-6H2,1H3,(H,14,15,16). The Morgan fingerprint density at radius 3 is 2.53 bits per heavy atom. The fraction of sp³-hybridized carbons (Fsp3) is 0.800. The van der Waals surface area contributed by atoms with Crippen molar-refractivity contribution < 1.29 is 13.2 Å². The SMILES string of the molecule is CC1(CNc2nc(C(F)(F)F)ns2)CCCC1. The van der Waals surface area contributed by atoms with Crippen LogP contribution in [-0.2, 0) is 6.18 Å². The van der Waals surface area contributed by atoms with Crippen LogP contribution in [0, 0.1) is 5.41 Å². The number of anilines is 1. The van der Waals surface area contributed by atoms with Gasteiger partial charge in [-0.3, -0.25) is 0 Å². The van der Waals surface area contributed by atoms with E-state index >= 15 is 0 Å². The minimum atomic E-state index is -4.45. The zero-order valence-corrected chi connectivity index (χ0v) is 10.3. The molecule has 17 heavy (non-hydrogen) atoms. The van der Waals surface area contributed by atoms with Crippen molar-refractivity contribution in [2.24, 2.45) is 5.41 Å². The summed E-state index contributed by atoms with van der Waals surface area (Å²) in [7, 11) is 0. The first-order valence-electron chi connectivity index (χ1n) is 5.54. The molecule has 1 heterocycles. The van der Waals surface area contributed by atoms with E-state index in [1.54, 1.807) is 0 Å². The number of alkyl halides is 3. The lowest BCUT2D eigenvalue weighted by Gasteiger charge is -2.23. The minimum absolute atomic E-state index is 0.185. The summed E-state index contributed by atoms with van der Waals surface area (Å²) in [6.45, 7) is 2.82. The number of aromatic nitrogens is 2. The van der Waals surface area contributed by atoms with Gasteiger partial charge in [-0.2, -0.15) is 22.5 Å². The highest BCUT2D eigenvalue weighted by Crippen LogP contribution is 2.37. The first kappa shape index (κ1) is 12.6. The molecule has 0 saturated heterocycles. The van der Waals surface area contributed by atoms with Crippen LogP contribution in [-0.4, -0.2) is 15.9 Å². The molecule has 96 valence electrons. The number of hydrogen-bond donors (Lipinski definition) is 1. The third-order valence-corrected chi connectivity index (χ3v) is 3.83. The van der Waals surface area contributed by atoms with Gasteiger partial charge in [-0.05, 0) is 18.3 Å². The highest BCUT2D eigenvalue weighted by molar-refractivity contribution is 7.09. The Hall–Kier alpha value is -0.850. The molecule has 3 nitrogen and oxygen atoms in total. The Kier molecular flexibility index (Phi) is 3.29. The van der Waals surface area contributed by atoms with E-state index < -0.39 is 12.0 Å². The van der Waals surface area contributed by atoms with E-state index in [0.29, 0.717) is 6.54 Å². The second-order valence-electron chi connectivity index (χ2n) is 4.79. The summed E-state index contributed by atoms with van der Waals surface area (Å²) in [5, 5.41) is 3.22. The Morgan fingerprint density at radius 1 is 1.35 bits per heavy atom. The van der Waals surface area contributed by atoms with Crippen LogP contribution in [0.5, 0.6) is 0 Å². The van der Waals surface area contributed by atoms with E-state index in [-0.39, 0.29) is 10.5 Å². The summed E-state index contributed by atoms with van der Waals surface area (Å²) >= 11 is 0.766. The normalized spacial score (nSPS) is 19.5. The maximum absolute atomic E-state index is 12.3. The van der Waals surface area contributed by atoms with Crippen molar-refractivity contribution in [2.75, 3.05) is 11.9 Å². The van der Waals surface area contributed by atoms with Gasteiger partial charge >= 0.3 is 6.18 Å². The smallest absolute Gasteiger partial charge is 0.360 e. The molecule has 1 aliphatic carbocycles. The maximum atomic E-state index is 12.3. The molecule has 0 unspecified atom stereocenters. The topological polar surface area (TPSA) is 37.8 Å². The molecule has 7 heteroatoms. The molecule has 2 rings (SSSR count). The molecule has 0 atom stereocenters. The van der Waals surface area contributed by atoms with Gasteiger partial charge in [-0.15, -0.1) is 0 Å². The summed E-state index contributed by atoms with van der Waals surface area (Å²) in [5.41, 5.74) is 0.185. The molecule has 0 aliphatic heterocycles. The fourth-order valence-electron chi connectivity index (χ4n) is 2.10. The molecule has 1 aromatic rings. The van der Waals surface area contributed by atoms with Crippen LogP contribution in [0.25, 0.3) is 0 Å². The number of nitrogens with zero attached hydrogens (tertiary/aromatic N) is 2. The third-order valence-electron chi connectivity index (χ3n) is 3.16. The van der Waals surface area contributed by atoms with Crippen LogP contribution in [0.2, 0.25) is 0 Å². The highest BCUT2D eigenvalue weighted by Gasteiger charge is 2.36. The average molecular weight is 265 g/mol. The van der Waals surface area contributed by atoms with E-state index in [1.165, 1.54) is 12.8 Å². The highest BCUT2D eigenvalue weighted by atomic mass is 32.1. The molecule has 1 fully saturated rings. The van der Waals surface area contributed by atoms with Crippen molar-refractivity contribution in [1.29, 1.82) is 0 Å². The van der Waals surface area contributed by atoms with Crippen molar-refractivity contribution in [3.05, 3.63) is 5.82 Å². The van der Waals surface area contributed by atoms with Gasteiger partial charge in [0, 0.05) is 18.1 Å². The summed E-state index contributed by atoms with van der Waals surface area (Å²) in [5.74, 6) is -1.05. The number of halogens is 3. The first-order valence-corrected chi connectivity index (χ1v) is 6.31. The van der Waals surface area contributed by atoms with Crippen molar-refractivity contribution in [3.63, 3.8) is 0 Å². The van der Waals surface area contributed by atoms with E-state index in [4.69, 9.17) is 0 Å². The Bertz CT molecular complexity index is 382. The van der Waals surface area contributed by atoms with Crippen molar-refractivity contribution in [3.8, 4) is 0 Å². The molecule has 1 aromatic heterocycles. The summed E-state index contributed by atoms with van der Waals surface area (Å²) in [4.78, 5) is 3.44. The second kappa shape index (κ2) is 4.44. The van der Waals surface area contributed by atoms with E-state index in [2.05, 4.69) is 21.6 Å². The van der Waals surface area contributed by atoms with Crippen molar-refractivity contribution >= 4 is 16.7 Å². The molecule has 0 spiro atoms. The van der Waals surface area contributed by atoms with Crippen LogP contribution in [0.4, 0.5) is 18.3 Å². The number of hydrogen-bond acceptors (Lipinski definition) is 4. The van der Waals surface area contributed by atoms with Gasteiger partial charge in [0.25, 0.3) is 0 Å². The summed E-state index contributed by atoms with van der Waals surface area (Å²) < 4.78 is 40.1. The second-order valence-corrected chi connectivity index (χ2v) is 5.54. The minimum Gasteiger partial charge on any atom is -0.360 e. The molecule has 1 N–H and O–H groups in total. The molecular weight excluding hydrogens is 251 g/mol. The Balaban J connectivity index is 1.93. The predicted octanol–water partition coefficient (Wildman–Crippen LogP) is 3.55. The first-order chi connectivity index (χ1) is 7.89. The lowest BCUT2D eigenvalue weighted by atomic mass is 9.89. The average Bonchev–Trinajstić information content (AvgIpc) is 2.83. The third kappa shape index (κ3) is 3.08. The monoisotopic (exact) mass is 265 g/mol. The van der Waals surface area contributed by atoms with Gasteiger partial charge < -0.3 is 5.32 Å². The molecule has 0 amide bonds. The number of nitrogens with one attached hydrogen (secondary N) is 1. The van der Waals surface area contributed by atoms with Gasteiger partial charge in [-0.25, -0.2) is 0 Å². The van der Waals surface area contributed by atoms with Crippen LogP contribution in [0.3, 0.4) is 0 Å². The lowest BCUT2D eigenvalue weighted by Crippen LogP contribution is -2.22. The molecule has 1 aliphatic rings. The molecular formula is C10H14F3N3S. The van der Waals surface area contributed by atoms with Gasteiger partial charge in [0.15, 0.2) is 0 Å². The predicted molar refractivity (Wildman–Crippen MR) is 60.0 cm³/mol. The van der Waals surface area contributed by atoms with Crippen LogP contribution in [0.1, 0.15) is 38.4 Å². The van der Waals surface area contributed by atoms with Gasteiger partial charge in [0.1, 0.15) is 0 Å². The fourth-order valence-corrected chi connectivity index (χ4v) is 2.69. The van der Waals surface area contributed by atoms with E-state index in [0.717, 1.165) is 24.4 Å². The Morgan fingerprint density at radius 2 is 2.00 bits per heavy atom. The molecule has 1 saturated carbocycles. The van der Waals surface area contributed by atoms with Crippen LogP contribution >= 0.6 is 11.5 Å². The lowest BCUT2D eigenvalue weighted by molar-refractivity contribution is -0.144. The van der Waals surface area contributed by atoms with Crippen LogP contribution < -0.4 is 5.32 Å². The van der Waals surface area contributed by atoms with Crippen molar-refractivity contribution in [2.45, 2.75) is 38.8 Å². The largest absolute Gasteiger partial charge is 0.452 e. The van der Waals surface area contributed by atoms with E-state index in [9.17, 15) is 13.2 Å². The van der Waals surface area contributed by atoms with Crippen LogP contribution in [0.15, 0.2) is 0 Å². The Labute approximate surface area is 102 Å². The van der Waals surface area contributed by atoms with Gasteiger partial charge in [0.05, 0.1) is 0 Å². The zero-order valence-electron chi connectivity index (χ0n) is 9.47. The summed E-state index contributed by atoms with van der Waals surface area (Å²) in [6.07, 6.45) is 0.174.